The fraction of sp³-hybridized carbons (Fsp3) is 0.273. The molecule has 0 aliphatic carbocycles. The van der Waals surface area contributed by atoms with E-state index in [1.807, 2.05) is 79.2 Å². The molecule has 140 valence electrons. The summed E-state index contributed by atoms with van der Waals surface area (Å²) in [7, 11) is 0. The number of aromatic nitrogens is 2. The fourth-order valence-corrected chi connectivity index (χ4v) is 3.09. The molecule has 0 aliphatic rings. The summed E-state index contributed by atoms with van der Waals surface area (Å²) < 4.78 is 2.02. The van der Waals surface area contributed by atoms with Gasteiger partial charge in [0.15, 0.2) is 0 Å². The normalized spacial score (nSPS) is 13.0. The minimum absolute atomic E-state index is 0.0973. The highest BCUT2D eigenvalue weighted by Gasteiger charge is 2.35. The van der Waals surface area contributed by atoms with E-state index in [-0.39, 0.29) is 5.91 Å². The molecule has 1 atom stereocenters. The highest BCUT2D eigenvalue weighted by atomic mass is 16.2. The van der Waals surface area contributed by atoms with Crippen LogP contribution in [-0.4, -0.2) is 15.5 Å². The van der Waals surface area contributed by atoms with E-state index in [1.54, 1.807) is 6.20 Å². The molecule has 1 amide bonds. The van der Waals surface area contributed by atoms with Crippen molar-refractivity contribution < 1.29 is 4.79 Å². The second-order valence-corrected chi connectivity index (χ2v) is 6.79. The Bertz CT molecular complexity index is 886. The van der Waals surface area contributed by atoms with Crippen molar-refractivity contribution in [2.24, 2.45) is 0 Å². The maximum atomic E-state index is 13.2. The first-order chi connectivity index (χ1) is 13.0. The van der Waals surface area contributed by atoms with Crippen LogP contribution < -0.4 is 10.6 Å². The quantitative estimate of drug-likeness (QED) is 0.671. The molecule has 0 aliphatic heterocycles. The predicted molar refractivity (Wildman–Crippen MR) is 108 cm³/mol. The van der Waals surface area contributed by atoms with Crippen molar-refractivity contribution in [2.75, 3.05) is 5.32 Å². The number of nitrogens with one attached hydrogen (secondary N) is 2. The number of aryl methyl sites for hydroxylation is 2. The minimum atomic E-state index is -0.903. The monoisotopic (exact) mass is 362 g/mol. The first-order valence-corrected chi connectivity index (χ1v) is 9.21. The maximum Gasteiger partial charge on any atom is 0.250 e. The van der Waals surface area contributed by atoms with Crippen LogP contribution in [0.5, 0.6) is 0 Å². The van der Waals surface area contributed by atoms with Crippen molar-refractivity contribution in [3.05, 3.63) is 83.9 Å². The highest BCUT2D eigenvalue weighted by Crippen LogP contribution is 2.27. The molecule has 27 heavy (non-hydrogen) atoms. The third-order valence-electron chi connectivity index (χ3n) is 4.80. The molecular formula is C22H26N4O. The number of anilines is 1. The van der Waals surface area contributed by atoms with Gasteiger partial charge in [-0.25, -0.2) is 4.98 Å². The van der Waals surface area contributed by atoms with Gasteiger partial charge in [-0.15, -0.1) is 0 Å². The van der Waals surface area contributed by atoms with Crippen LogP contribution in [0, 0.1) is 6.92 Å². The minimum Gasteiger partial charge on any atom is -0.368 e. The van der Waals surface area contributed by atoms with E-state index < -0.39 is 5.54 Å². The first-order valence-electron chi connectivity index (χ1n) is 9.21. The van der Waals surface area contributed by atoms with Gasteiger partial charge in [-0.05, 0) is 38.5 Å². The number of carbonyl (C=O) groups is 1. The lowest BCUT2D eigenvalue weighted by Gasteiger charge is -2.31. The highest BCUT2D eigenvalue weighted by molar-refractivity contribution is 5.90. The van der Waals surface area contributed by atoms with Crippen molar-refractivity contribution in [2.45, 2.75) is 39.4 Å². The summed E-state index contributed by atoms with van der Waals surface area (Å²) in [6.07, 6.45) is 3.67. The van der Waals surface area contributed by atoms with E-state index in [9.17, 15) is 4.79 Å². The fourth-order valence-electron chi connectivity index (χ4n) is 3.09. The van der Waals surface area contributed by atoms with E-state index in [2.05, 4.69) is 22.5 Å². The number of benzene rings is 2. The smallest absolute Gasteiger partial charge is 0.250 e. The summed E-state index contributed by atoms with van der Waals surface area (Å²) in [5.41, 5.74) is 2.08. The summed E-state index contributed by atoms with van der Waals surface area (Å²) in [6, 6.07) is 17.8. The lowest BCUT2D eigenvalue weighted by atomic mass is 9.90. The van der Waals surface area contributed by atoms with Crippen LogP contribution in [0.2, 0.25) is 0 Å². The molecule has 5 nitrogen and oxygen atoms in total. The van der Waals surface area contributed by atoms with Crippen LogP contribution in [0.1, 0.15) is 30.8 Å². The average molecular weight is 362 g/mol. The topological polar surface area (TPSA) is 59.0 Å². The van der Waals surface area contributed by atoms with Gasteiger partial charge < -0.3 is 15.2 Å². The summed E-state index contributed by atoms with van der Waals surface area (Å²) in [5, 5.41) is 6.46. The lowest BCUT2D eigenvalue weighted by molar-refractivity contribution is -0.125. The molecule has 0 bridgehead atoms. The summed E-state index contributed by atoms with van der Waals surface area (Å²) in [5.74, 6) is 0.747. The van der Waals surface area contributed by atoms with E-state index in [0.717, 1.165) is 23.6 Å². The molecule has 5 heteroatoms. The molecule has 2 N–H and O–H groups in total. The first kappa shape index (κ1) is 18.7. The van der Waals surface area contributed by atoms with Gasteiger partial charge in [0.1, 0.15) is 11.4 Å². The Balaban J connectivity index is 1.84. The zero-order chi connectivity index (χ0) is 19.3. The van der Waals surface area contributed by atoms with E-state index in [1.165, 1.54) is 5.56 Å². The van der Waals surface area contributed by atoms with Gasteiger partial charge in [-0.1, -0.05) is 48.0 Å². The van der Waals surface area contributed by atoms with Gasteiger partial charge in [0.2, 0.25) is 5.91 Å². The molecule has 0 fully saturated rings. The molecule has 0 spiro atoms. The molecule has 3 aromatic rings. The van der Waals surface area contributed by atoms with Crippen LogP contribution in [0.3, 0.4) is 0 Å². The molecule has 1 unspecified atom stereocenters. The average Bonchev–Trinajstić information content (AvgIpc) is 3.16. The Kier molecular flexibility index (Phi) is 5.60. The molecule has 3 rings (SSSR count). The third kappa shape index (κ3) is 4.19. The number of carbonyl (C=O) groups excluding carboxylic acids is 1. The Hall–Kier alpha value is -3.08. The van der Waals surface area contributed by atoms with Crippen molar-refractivity contribution in [1.82, 2.24) is 14.9 Å². The van der Waals surface area contributed by atoms with Gasteiger partial charge in [0.25, 0.3) is 0 Å². The second-order valence-electron chi connectivity index (χ2n) is 6.79. The van der Waals surface area contributed by atoms with Crippen LogP contribution in [0.25, 0.3) is 0 Å². The Labute approximate surface area is 160 Å². The number of amides is 1. The van der Waals surface area contributed by atoms with E-state index in [4.69, 9.17) is 0 Å². The van der Waals surface area contributed by atoms with E-state index in [0.29, 0.717) is 6.54 Å². The molecule has 1 aromatic heterocycles. The Morgan fingerprint density at radius 3 is 2.48 bits per heavy atom. The Morgan fingerprint density at radius 2 is 1.81 bits per heavy atom. The predicted octanol–water partition coefficient (Wildman–Crippen LogP) is 3.86. The molecule has 0 saturated heterocycles. The zero-order valence-electron chi connectivity index (χ0n) is 16.1. The van der Waals surface area contributed by atoms with Crippen LogP contribution >= 0.6 is 0 Å². The van der Waals surface area contributed by atoms with Gasteiger partial charge in [0.05, 0.1) is 6.54 Å². The second kappa shape index (κ2) is 8.08. The molecule has 0 saturated carbocycles. The maximum absolute atomic E-state index is 13.2. The standard InChI is InChI=1S/C22H26N4O/c1-4-26-15-14-23-20(26)16-24-21(27)22(3,18-8-6-5-7-9-18)25-19-12-10-17(2)11-13-19/h5-15,25H,4,16H2,1-3H3,(H,24,27). The Morgan fingerprint density at radius 1 is 1.11 bits per heavy atom. The number of rotatable bonds is 7. The van der Waals surface area contributed by atoms with Crippen LogP contribution in [-0.2, 0) is 23.4 Å². The molecule has 1 heterocycles. The van der Waals surface area contributed by atoms with Crippen LogP contribution in [0.15, 0.2) is 67.0 Å². The number of hydrogen-bond acceptors (Lipinski definition) is 3. The van der Waals surface area contributed by atoms with Gasteiger partial charge in [-0.3, -0.25) is 4.79 Å². The summed E-state index contributed by atoms with van der Waals surface area (Å²) in [4.78, 5) is 17.6. The number of imidazole rings is 1. The number of nitrogens with zero attached hydrogens (tertiary/aromatic N) is 2. The van der Waals surface area contributed by atoms with Crippen molar-refractivity contribution >= 4 is 11.6 Å². The van der Waals surface area contributed by atoms with Gasteiger partial charge in [-0.2, -0.15) is 0 Å². The zero-order valence-corrected chi connectivity index (χ0v) is 16.1. The third-order valence-corrected chi connectivity index (χ3v) is 4.80. The van der Waals surface area contributed by atoms with E-state index >= 15 is 0 Å². The largest absolute Gasteiger partial charge is 0.368 e. The number of hydrogen-bond donors (Lipinski definition) is 2. The summed E-state index contributed by atoms with van der Waals surface area (Å²) in [6.45, 7) is 7.22. The summed E-state index contributed by atoms with van der Waals surface area (Å²) >= 11 is 0. The lowest BCUT2D eigenvalue weighted by Crippen LogP contribution is -2.47. The SMILES string of the molecule is CCn1ccnc1CNC(=O)C(C)(Nc1ccc(C)cc1)c1ccccc1. The van der Waals surface area contributed by atoms with Gasteiger partial charge in [0, 0.05) is 24.6 Å². The van der Waals surface area contributed by atoms with Crippen molar-refractivity contribution in [1.29, 1.82) is 0 Å². The van der Waals surface area contributed by atoms with Gasteiger partial charge >= 0.3 is 0 Å². The molecule has 0 radical (unpaired) electrons. The van der Waals surface area contributed by atoms with Crippen LogP contribution in [0.4, 0.5) is 5.69 Å². The van der Waals surface area contributed by atoms with Crippen molar-refractivity contribution in [3.63, 3.8) is 0 Å². The molecule has 2 aromatic carbocycles. The van der Waals surface area contributed by atoms with Crippen molar-refractivity contribution in [3.8, 4) is 0 Å². The molecular weight excluding hydrogens is 336 g/mol.